The Kier molecular flexibility index (Phi) is 3.35. The van der Waals surface area contributed by atoms with E-state index in [1.165, 1.54) is 18.9 Å². The van der Waals surface area contributed by atoms with Crippen LogP contribution in [0.2, 0.25) is 0 Å². The van der Waals surface area contributed by atoms with Gasteiger partial charge in [0.25, 0.3) is 0 Å². The maximum atomic E-state index is 13.1. The zero-order valence-corrected chi connectivity index (χ0v) is 10.7. The van der Waals surface area contributed by atoms with E-state index >= 15 is 0 Å². The van der Waals surface area contributed by atoms with Crippen LogP contribution in [0.1, 0.15) is 31.2 Å². The van der Waals surface area contributed by atoms with Crippen LogP contribution in [0.25, 0.3) is 0 Å². The molecule has 3 rings (SSSR count). The SMILES string of the molecule is NC1CC2CCC(C1)N2CCc1cccc(F)c1. The number of benzene rings is 1. The first kappa shape index (κ1) is 12.1. The number of hydrogen-bond donors (Lipinski definition) is 1. The first-order valence-corrected chi connectivity index (χ1v) is 6.98. The maximum Gasteiger partial charge on any atom is 0.123 e. The molecule has 0 aliphatic carbocycles. The van der Waals surface area contributed by atoms with Crippen LogP contribution < -0.4 is 5.73 Å². The Labute approximate surface area is 108 Å². The number of nitrogens with zero attached hydrogens (tertiary/aromatic N) is 1. The fourth-order valence-corrected chi connectivity index (χ4v) is 3.63. The van der Waals surface area contributed by atoms with Gasteiger partial charge in [-0.15, -0.1) is 0 Å². The van der Waals surface area contributed by atoms with E-state index in [1.807, 2.05) is 6.07 Å². The highest BCUT2D eigenvalue weighted by Gasteiger charge is 2.38. The summed E-state index contributed by atoms with van der Waals surface area (Å²) in [7, 11) is 0. The molecule has 0 saturated carbocycles. The molecule has 0 aromatic heterocycles. The van der Waals surface area contributed by atoms with Gasteiger partial charge in [0.2, 0.25) is 0 Å². The Morgan fingerprint density at radius 2 is 1.94 bits per heavy atom. The fraction of sp³-hybridized carbons (Fsp3) is 0.600. The van der Waals surface area contributed by atoms with Crippen molar-refractivity contribution >= 4 is 0 Å². The van der Waals surface area contributed by atoms with Gasteiger partial charge in [0, 0.05) is 24.7 Å². The molecule has 2 aliphatic heterocycles. The summed E-state index contributed by atoms with van der Waals surface area (Å²) in [6.07, 6.45) is 5.81. The highest BCUT2D eigenvalue weighted by molar-refractivity contribution is 5.16. The first-order valence-electron chi connectivity index (χ1n) is 6.98. The minimum atomic E-state index is -0.129. The molecule has 2 unspecified atom stereocenters. The second kappa shape index (κ2) is 4.98. The van der Waals surface area contributed by atoms with Crippen LogP contribution in [-0.4, -0.2) is 29.6 Å². The van der Waals surface area contributed by atoms with E-state index in [0.717, 1.165) is 31.4 Å². The normalized spacial score (nSPS) is 31.8. The van der Waals surface area contributed by atoms with Crippen molar-refractivity contribution in [1.82, 2.24) is 4.90 Å². The van der Waals surface area contributed by atoms with Gasteiger partial charge in [0.15, 0.2) is 0 Å². The van der Waals surface area contributed by atoms with Crippen LogP contribution in [0.3, 0.4) is 0 Å². The molecule has 1 aromatic rings. The Morgan fingerprint density at radius 3 is 2.61 bits per heavy atom. The van der Waals surface area contributed by atoms with Gasteiger partial charge in [-0.2, -0.15) is 0 Å². The van der Waals surface area contributed by atoms with E-state index < -0.39 is 0 Å². The average Bonchev–Trinajstić information content (AvgIpc) is 2.57. The predicted molar refractivity (Wildman–Crippen MR) is 70.8 cm³/mol. The van der Waals surface area contributed by atoms with Crippen molar-refractivity contribution in [2.24, 2.45) is 5.73 Å². The lowest BCUT2D eigenvalue weighted by molar-refractivity contribution is 0.129. The average molecular weight is 248 g/mol. The lowest BCUT2D eigenvalue weighted by atomic mass is 9.97. The third-order valence-corrected chi connectivity index (χ3v) is 4.47. The van der Waals surface area contributed by atoms with E-state index in [0.29, 0.717) is 18.1 Å². The van der Waals surface area contributed by atoms with Crippen molar-refractivity contribution < 1.29 is 4.39 Å². The summed E-state index contributed by atoms with van der Waals surface area (Å²) < 4.78 is 13.1. The van der Waals surface area contributed by atoms with Gasteiger partial charge >= 0.3 is 0 Å². The van der Waals surface area contributed by atoms with Crippen LogP contribution in [0.5, 0.6) is 0 Å². The van der Waals surface area contributed by atoms with Crippen molar-refractivity contribution in [3.63, 3.8) is 0 Å². The van der Waals surface area contributed by atoms with Gasteiger partial charge in [-0.3, -0.25) is 4.90 Å². The minimum Gasteiger partial charge on any atom is -0.328 e. The largest absolute Gasteiger partial charge is 0.328 e. The molecule has 3 heteroatoms. The van der Waals surface area contributed by atoms with Crippen LogP contribution in [-0.2, 0) is 6.42 Å². The molecule has 2 nitrogen and oxygen atoms in total. The Bertz CT molecular complexity index is 407. The van der Waals surface area contributed by atoms with E-state index in [1.54, 1.807) is 12.1 Å². The molecule has 2 N–H and O–H groups in total. The number of piperidine rings is 1. The molecule has 0 spiro atoms. The summed E-state index contributed by atoms with van der Waals surface area (Å²) in [6, 6.07) is 8.71. The highest BCUT2D eigenvalue weighted by atomic mass is 19.1. The van der Waals surface area contributed by atoms with Crippen molar-refractivity contribution in [1.29, 1.82) is 0 Å². The Hall–Kier alpha value is -0.930. The van der Waals surface area contributed by atoms with Crippen molar-refractivity contribution in [2.45, 2.75) is 50.2 Å². The first-order chi connectivity index (χ1) is 8.72. The second-order valence-corrected chi connectivity index (χ2v) is 5.73. The van der Waals surface area contributed by atoms with Crippen LogP contribution in [0.15, 0.2) is 24.3 Å². The van der Waals surface area contributed by atoms with E-state index in [-0.39, 0.29) is 5.82 Å². The molecule has 0 amide bonds. The molecule has 2 heterocycles. The smallest absolute Gasteiger partial charge is 0.123 e. The summed E-state index contributed by atoms with van der Waals surface area (Å²) >= 11 is 0. The van der Waals surface area contributed by atoms with Gasteiger partial charge in [-0.1, -0.05) is 12.1 Å². The monoisotopic (exact) mass is 248 g/mol. The molecular weight excluding hydrogens is 227 g/mol. The zero-order valence-electron chi connectivity index (χ0n) is 10.7. The molecule has 2 aliphatic rings. The van der Waals surface area contributed by atoms with Crippen molar-refractivity contribution in [2.75, 3.05) is 6.54 Å². The maximum absolute atomic E-state index is 13.1. The highest BCUT2D eigenvalue weighted by Crippen LogP contribution is 2.34. The van der Waals surface area contributed by atoms with Crippen LogP contribution >= 0.6 is 0 Å². The second-order valence-electron chi connectivity index (χ2n) is 5.73. The number of fused-ring (bicyclic) bond motifs is 2. The predicted octanol–water partition coefficient (Wildman–Crippen LogP) is 2.32. The molecule has 0 radical (unpaired) electrons. The molecule has 2 atom stereocenters. The quantitative estimate of drug-likeness (QED) is 0.889. The van der Waals surface area contributed by atoms with Crippen LogP contribution in [0.4, 0.5) is 4.39 Å². The number of nitrogens with two attached hydrogens (primary N) is 1. The molecule has 18 heavy (non-hydrogen) atoms. The topological polar surface area (TPSA) is 29.3 Å². The zero-order chi connectivity index (χ0) is 12.5. The number of halogens is 1. The summed E-state index contributed by atoms with van der Waals surface area (Å²) in [6.45, 7) is 1.05. The summed E-state index contributed by atoms with van der Waals surface area (Å²) in [5.74, 6) is -0.129. The number of rotatable bonds is 3. The Balaban J connectivity index is 1.61. The molecule has 2 fully saturated rings. The van der Waals surface area contributed by atoms with Crippen molar-refractivity contribution in [3.05, 3.63) is 35.6 Å². The molecule has 2 bridgehead atoms. The van der Waals surface area contributed by atoms with E-state index in [4.69, 9.17) is 5.73 Å². The summed E-state index contributed by atoms with van der Waals surface area (Å²) in [4.78, 5) is 2.61. The van der Waals surface area contributed by atoms with E-state index in [9.17, 15) is 4.39 Å². The van der Waals surface area contributed by atoms with Gasteiger partial charge < -0.3 is 5.73 Å². The summed E-state index contributed by atoms with van der Waals surface area (Å²) in [5.41, 5.74) is 7.17. The lowest BCUT2D eigenvalue weighted by Gasteiger charge is -2.37. The lowest BCUT2D eigenvalue weighted by Crippen LogP contribution is -2.48. The third-order valence-electron chi connectivity index (χ3n) is 4.47. The molecular formula is C15H21FN2. The number of hydrogen-bond acceptors (Lipinski definition) is 2. The standard InChI is InChI=1S/C15H21FN2/c16-12-3-1-2-11(8-12)6-7-18-14-4-5-15(18)10-13(17)9-14/h1-3,8,13-15H,4-7,9-10,17H2. The van der Waals surface area contributed by atoms with Gasteiger partial charge in [-0.25, -0.2) is 4.39 Å². The fourth-order valence-electron chi connectivity index (χ4n) is 3.63. The third kappa shape index (κ3) is 2.43. The van der Waals surface area contributed by atoms with Gasteiger partial charge in [0.05, 0.1) is 0 Å². The van der Waals surface area contributed by atoms with Gasteiger partial charge in [-0.05, 0) is 49.8 Å². The molecule has 2 saturated heterocycles. The van der Waals surface area contributed by atoms with Crippen molar-refractivity contribution in [3.8, 4) is 0 Å². The molecule has 98 valence electrons. The van der Waals surface area contributed by atoms with E-state index in [2.05, 4.69) is 4.90 Å². The van der Waals surface area contributed by atoms with Crippen LogP contribution in [0, 0.1) is 5.82 Å². The summed E-state index contributed by atoms with van der Waals surface area (Å²) in [5, 5.41) is 0. The Morgan fingerprint density at radius 1 is 1.22 bits per heavy atom. The minimum absolute atomic E-state index is 0.129. The van der Waals surface area contributed by atoms with Gasteiger partial charge in [0.1, 0.15) is 5.82 Å². The molecule has 1 aromatic carbocycles.